The molecule has 5 nitrogen and oxygen atoms in total. The van der Waals surface area contributed by atoms with Crippen LogP contribution in [0.4, 0.5) is 5.69 Å². The Bertz CT molecular complexity index is 956. The third-order valence-corrected chi connectivity index (χ3v) is 4.11. The van der Waals surface area contributed by atoms with Crippen molar-refractivity contribution in [2.24, 2.45) is 5.16 Å². The molecule has 0 aliphatic carbocycles. The molecule has 6 heteroatoms. The molecule has 1 heterocycles. The minimum Gasteiger partial charge on any atom is -0.396 e. The lowest BCUT2D eigenvalue weighted by Crippen LogP contribution is -2.13. The molecule has 1 amide bonds. The van der Waals surface area contributed by atoms with Crippen molar-refractivity contribution in [1.29, 1.82) is 0 Å². The Balaban J connectivity index is 1.84. The third kappa shape index (κ3) is 4.71. The highest BCUT2D eigenvalue weighted by molar-refractivity contribution is 6.33. The lowest BCUT2D eigenvalue weighted by Gasteiger charge is -2.12. The van der Waals surface area contributed by atoms with E-state index in [-0.39, 0.29) is 11.1 Å². The van der Waals surface area contributed by atoms with E-state index < -0.39 is 0 Å². The molecule has 0 saturated carbocycles. The van der Waals surface area contributed by atoms with Gasteiger partial charge >= 0.3 is 0 Å². The van der Waals surface area contributed by atoms with Gasteiger partial charge in [0, 0.05) is 17.4 Å². The maximum Gasteiger partial charge on any atom is 0.258 e. The van der Waals surface area contributed by atoms with Crippen LogP contribution in [0.25, 0.3) is 11.1 Å². The Morgan fingerprint density at radius 1 is 1.15 bits per heavy atom. The summed E-state index contributed by atoms with van der Waals surface area (Å²) in [6, 6.07) is 18.7. The molecule has 3 rings (SSSR count). The van der Waals surface area contributed by atoms with Crippen LogP contribution in [0.3, 0.4) is 0 Å². The lowest BCUT2D eigenvalue weighted by atomic mass is 10.0. The van der Waals surface area contributed by atoms with E-state index in [2.05, 4.69) is 15.5 Å². The van der Waals surface area contributed by atoms with Crippen LogP contribution in [0, 0.1) is 0 Å². The summed E-state index contributed by atoms with van der Waals surface area (Å²) in [7, 11) is 0. The van der Waals surface area contributed by atoms with Crippen LogP contribution in [0.5, 0.6) is 0 Å². The number of anilines is 1. The Labute approximate surface area is 162 Å². The monoisotopic (exact) mass is 379 g/mol. The zero-order chi connectivity index (χ0) is 19.1. The van der Waals surface area contributed by atoms with Crippen LogP contribution in [0.2, 0.25) is 5.15 Å². The number of para-hydroxylation sites is 1. The highest BCUT2D eigenvalue weighted by Crippen LogP contribution is 2.28. The molecular formula is C21H18ClN3O2. The topological polar surface area (TPSA) is 63.6 Å². The van der Waals surface area contributed by atoms with Crippen molar-refractivity contribution in [1.82, 2.24) is 4.98 Å². The number of nitrogens with zero attached hydrogens (tertiary/aromatic N) is 2. The van der Waals surface area contributed by atoms with Crippen LogP contribution in [-0.2, 0) is 4.84 Å². The fourth-order valence-electron chi connectivity index (χ4n) is 2.51. The average Bonchev–Trinajstić information content (AvgIpc) is 2.69. The molecular weight excluding hydrogens is 362 g/mol. The zero-order valence-corrected chi connectivity index (χ0v) is 15.5. The number of carbonyl (C=O) groups excluding carboxylic acids is 1. The molecule has 0 unspecified atom stereocenters. The molecule has 0 spiro atoms. The van der Waals surface area contributed by atoms with Gasteiger partial charge in [0.2, 0.25) is 0 Å². The molecule has 1 N–H and O–H groups in total. The molecule has 0 atom stereocenters. The second-order valence-corrected chi connectivity index (χ2v) is 5.97. The Morgan fingerprint density at radius 3 is 2.67 bits per heavy atom. The molecule has 3 aromatic rings. The van der Waals surface area contributed by atoms with Gasteiger partial charge in [0.15, 0.2) is 0 Å². The van der Waals surface area contributed by atoms with Crippen molar-refractivity contribution in [3.63, 3.8) is 0 Å². The van der Waals surface area contributed by atoms with Crippen LogP contribution >= 0.6 is 11.6 Å². The van der Waals surface area contributed by atoms with Crippen LogP contribution < -0.4 is 5.32 Å². The maximum atomic E-state index is 12.6. The quantitative estimate of drug-likeness (QED) is 0.371. The number of hydrogen-bond acceptors (Lipinski definition) is 4. The number of amides is 1. The Hall–Kier alpha value is -3.18. The maximum absolute atomic E-state index is 12.6. The van der Waals surface area contributed by atoms with Gasteiger partial charge in [-0.2, -0.15) is 0 Å². The predicted molar refractivity (Wildman–Crippen MR) is 108 cm³/mol. The van der Waals surface area contributed by atoms with Crippen LogP contribution in [-0.4, -0.2) is 23.7 Å². The number of aromatic nitrogens is 1. The minimum atomic E-state index is -0.305. The van der Waals surface area contributed by atoms with E-state index >= 15 is 0 Å². The van der Waals surface area contributed by atoms with E-state index in [1.807, 2.05) is 55.5 Å². The first-order valence-electron chi connectivity index (χ1n) is 8.45. The largest absolute Gasteiger partial charge is 0.396 e. The van der Waals surface area contributed by atoms with E-state index in [1.165, 1.54) is 0 Å². The standard InChI is InChI=1S/C21H18ClN3O2/c1-2-27-24-14-15-9-11-16(12-10-15)17-6-3-4-8-19(17)25-21(26)18-7-5-13-23-20(18)22/h3-14H,2H2,1H3,(H,25,26)/b24-14+. The lowest BCUT2D eigenvalue weighted by molar-refractivity contribution is 0.102. The highest BCUT2D eigenvalue weighted by Gasteiger charge is 2.13. The predicted octanol–water partition coefficient (Wildman–Crippen LogP) is 5.02. The molecule has 136 valence electrons. The Kier molecular flexibility index (Phi) is 6.18. The molecule has 27 heavy (non-hydrogen) atoms. The van der Waals surface area contributed by atoms with Crippen molar-refractivity contribution in [2.45, 2.75) is 6.92 Å². The number of rotatable bonds is 6. The van der Waals surface area contributed by atoms with E-state index in [0.29, 0.717) is 17.9 Å². The number of benzene rings is 2. The average molecular weight is 380 g/mol. The molecule has 0 radical (unpaired) electrons. The van der Waals surface area contributed by atoms with Crippen LogP contribution in [0.1, 0.15) is 22.8 Å². The van der Waals surface area contributed by atoms with Gasteiger partial charge in [0.25, 0.3) is 5.91 Å². The fourth-order valence-corrected chi connectivity index (χ4v) is 2.72. The second-order valence-electron chi connectivity index (χ2n) is 5.62. The fraction of sp³-hybridized carbons (Fsp3) is 0.0952. The van der Waals surface area contributed by atoms with Crippen molar-refractivity contribution in [2.75, 3.05) is 11.9 Å². The summed E-state index contributed by atoms with van der Waals surface area (Å²) in [5, 5.41) is 6.95. The second kappa shape index (κ2) is 8.96. The van der Waals surface area contributed by atoms with E-state index in [9.17, 15) is 4.79 Å². The van der Waals surface area contributed by atoms with Gasteiger partial charge in [-0.1, -0.05) is 59.2 Å². The number of oxime groups is 1. The summed E-state index contributed by atoms with van der Waals surface area (Å²) in [4.78, 5) is 21.5. The van der Waals surface area contributed by atoms with Gasteiger partial charge in [-0.25, -0.2) is 4.98 Å². The van der Waals surface area contributed by atoms with Gasteiger partial charge in [-0.05, 0) is 36.2 Å². The molecule has 1 aromatic heterocycles. The van der Waals surface area contributed by atoms with Gasteiger partial charge in [0.1, 0.15) is 11.8 Å². The van der Waals surface area contributed by atoms with Gasteiger partial charge < -0.3 is 10.2 Å². The smallest absolute Gasteiger partial charge is 0.258 e. The SMILES string of the molecule is CCO/N=C/c1ccc(-c2ccccc2NC(=O)c2cccnc2Cl)cc1. The van der Waals surface area contributed by atoms with Crippen molar-refractivity contribution >= 4 is 29.4 Å². The van der Waals surface area contributed by atoms with E-state index in [0.717, 1.165) is 16.7 Å². The van der Waals surface area contributed by atoms with E-state index in [4.69, 9.17) is 16.4 Å². The zero-order valence-electron chi connectivity index (χ0n) is 14.7. The number of hydrogen-bond donors (Lipinski definition) is 1. The first kappa shape index (κ1) is 18.6. The summed E-state index contributed by atoms with van der Waals surface area (Å²) in [6.07, 6.45) is 3.20. The van der Waals surface area contributed by atoms with Crippen molar-refractivity contribution in [3.05, 3.63) is 83.1 Å². The minimum absolute atomic E-state index is 0.172. The number of nitrogens with one attached hydrogen (secondary N) is 1. The van der Waals surface area contributed by atoms with Crippen LogP contribution in [0.15, 0.2) is 72.0 Å². The number of carbonyl (C=O) groups is 1. The van der Waals surface area contributed by atoms with Gasteiger partial charge in [-0.15, -0.1) is 0 Å². The number of pyridine rings is 1. The summed E-state index contributed by atoms with van der Waals surface area (Å²) in [6.45, 7) is 2.41. The van der Waals surface area contributed by atoms with Gasteiger partial charge in [-0.3, -0.25) is 4.79 Å². The first-order chi connectivity index (χ1) is 13.2. The highest BCUT2D eigenvalue weighted by atomic mass is 35.5. The summed E-state index contributed by atoms with van der Waals surface area (Å²) in [5.41, 5.74) is 3.82. The molecule has 0 aliphatic rings. The normalized spacial score (nSPS) is 10.7. The first-order valence-corrected chi connectivity index (χ1v) is 8.83. The number of halogens is 1. The summed E-state index contributed by atoms with van der Waals surface area (Å²) >= 11 is 6.02. The molecule has 0 fully saturated rings. The third-order valence-electron chi connectivity index (χ3n) is 3.81. The van der Waals surface area contributed by atoms with E-state index in [1.54, 1.807) is 24.5 Å². The molecule has 0 saturated heterocycles. The summed E-state index contributed by atoms with van der Waals surface area (Å²) < 4.78 is 0. The van der Waals surface area contributed by atoms with Crippen molar-refractivity contribution in [3.8, 4) is 11.1 Å². The summed E-state index contributed by atoms with van der Waals surface area (Å²) in [5.74, 6) is -0.305. The molecule has 0 aliphatic heterocycles. The van der Waals surface area contributed by atoms with Crippen molar-refractivity contribution < 1.29 is 9.63 Å². The Morgan fingerprint density at radius 2 is 1.93 bits per heavy atom. The molecule has 2 aromatic carbocycles. The van der Waals surface area contributed by atoms with Gasteiger partial charge in [0.05, 0.1) is 11.8 Å². The molecule has 0 bridgehead atoms.